The summed E-state index contributed by atoms with van der Waals surface area (Å²) in [5.74, 6) is 1.32. The van der Waals surface area contributed by atoms with Crippen molar-refractivity contribution in [3.05, 3.63) is 112 Å². The van der Waals surface area contributed by atoms with Gasteiger partial charge in [-0.2, -0.15) is 0 Å². The summed E-state index contributed by atoms with van der Waals surface area (Å²) in [4.78, 5) is 25.6. The van der Waals surface area contributed by atoms with Gasteiger partial charge in [0.2, 0.25) is 11.6 Å². The minimum absolute atomic E-state index is 0.129. The lowest BCUT2D eigenvalue weighted by molar-refractivity contribution is 0.399. The molecule has 3 aromatic carbocycles. The molecule has 2 N–H and O–H groups in total. The number of aromatic amines is 1. The molecule has 0 fully saturated rings. The van der Waals surface area contributed by atoms with Crippen molar-refractivity contribution in [1.82, 2.24) is 15.0 Å². The van der Waals surface area contributed by atoms with Crippen LogP contribution in [0.3, 0.4) is 0 Å². The number of hydrogen-bond acceptors (Lipinski definition) is 7. The van der Waals surface area contributed by atoms with E-state index < -0.39 is 11.5 Å². The fourth-order valence-electron chi connectivity index (χ4n) is 4.97. The molecule has 4 heterocycles. The molecule has 8 heteroatoms. The van der Waals surface area contributed by atoms with Crippen molar-refractivity contribution >= 4 is 33.4 Å². The number of methoxy groups -OCH3 is 1. The summed E-state index contributed by atoms with van der Waals surface area (Å²) in [7, 11) is 1.63. The van der Waals surface area contributed by atoms with Crippen LogP contribution in [0.1, 0.15) is 22.7 Å². The average Bonchev–Trinajstić information content (AvgIpc) is 3.37. The maximum Gasteiger partial charge on any atom is 0.380 e. The molecule has 8 nitrogen and oxygen atoms in total. The molecule has 3 aromatic heterocycles. The van der Waals surface area contributed by atoms with Gasteiger partial charge in [-0.25, -0.2) is 14.8 Å². The molecule has 0 saturated heterocycles. The Labute approximate surface area is 210 Å². The quantitative estimate of drug-likeness (QED) is 0.289. The molecule has 37 heavy (non-hydrogen) atoms. The molecule has 1 aliphatic rings. The average molecular weight is 489 g/mol. The molecule has 0 spiro atoms. The van der Waals surface area contributed by atoms with Crippen molar-refractivity contribution in [1.29, 1.82) is 0 Å². The fraction of sp³-hybridized carbons (Fsp3) is 0.0690. The Morgan fingerprint density at radius 2 is 1.76 bits per heavy atom. The number of benzene rings is 3. The van der Waals surface area contributed by atoms with Gasteiger partial charge in [0.1, 0.15) is 23.5 Å². The predicted octanol–water partition coefficient (Wildman–Crippen LogP) is 6.10. The monoisotopic (exact) mass is 488 g/mol. The molecule has 6 aromatic rings. The van der Waals surface area contributed by atoms with E-state index in [-0.39, 0.29) is 5.75 Å². The molecule has 1 unspecified atom stereocenters. The topological polar surface area (TPSA) is 102 Å². The first-order valence-corrected chi connectivity index (χ1v) is 11.8. The van der Waals surface area contributed by atoms with Gasteiger partial charge in [0.15, 0.2) is 0 Å². The SMILES string of the molecule is COc1ccc(Nc2ncnc3c2C(c2cc4ccccc4[nH]2)c2c(c(=O)oc4ccccc24)O3)cc1. The number of ether oxygens (including phenoxy) is 2. The van der Waals surface area contributed by atoms with E-state index >= 15 is 0 Å². The maximum absolute atomic E-state index is 13.1. The van der Waals surface area contributed by atoms with Crippen molar-refractivity contribution < 1.29 is 13.9 Å². The summed E-state index contributed by atoms with van der Waals surface area (Å²) >= 11 is 0. The van der Waals surface area contributed by atoms with E-state index in [1.165, 1.54) is 6.33 Å². The lowest BCUT2D eigenvalue weighted by Gasteiger charge is -2.28. The summed E-state index contributed by atoms with van der Waals surface area (Å²) in [5, 5.41) is 5.25. The number of nitrogens with one attached hydrogen (secondary N) is 2. The molecule has 1 aliphatic heterocycles. The van der Waals surface area contributed by atoms with E-state index in [9.17, 15) is 4.79 Å². The van der Waals surface area contributed by atoms with Gasteiger partial charge in [-0.3, -0.25) is 0 Å². The molecule has 0 aliphatic carbocycles. The van der Waals surface area contributed by atoms with E-state index in [0.29, 0.717) is 28.4 Å². The summed E-state index contributed by atoms with van der Waals surface area (Å²) < 4.78 is 17.0. The van der Waals surface area contributed by atoms with Gasteiger partial charge in [-0.05, 0) is 47.9 Å². The van der Waals surface area contributed by atoms with Gasteiger partial charge in [0.25, 0.3) is 0 Å². The molecular weight excluding hydrogens is 468 g/mol. The summed E-state index contributed by atoms with van der Waals surface area (Å²) in [6, 6.07) is 25.2. The lowest BCUT2D eigenvalue weighted by atomic mass is 9.85. The maximum atomic E-state index is 13.1. The minimum Gasteiger partial charge on any atom is -0.497 e. The third kappa shape index (κ3) is 3.41. The smallest absolute Gasteiger partial charge is 0.380 e. The molecular formula is C29H20N4O4. The molecule has 0 radical (unpaired) electrons. The standard InChI is InChI=1S/C29H20N4O4/c1-35-18-12-10-17(11-13-18)32-27-25-24(21-14-16-6-2-4-8-20(16)33-21)23-19-7-3-5-9-22(19)36-29(34)26(23)37-28(25)31-15-30-27/h2-15,24,33H,1H3,(H,30,31,32). The van der Waals surface area contributed by atoms with Gasteiger partial charge >= 0.3 is 5.63 Å². The summed E-state index contributed by atoms with van der Waals surface area (Å²) in [5.41, 5.74) is 4.05. The van der Waals surface area contributed by atoms with Crippen LogP contribution in [0.4, 0.5) is 11.5 Å². The van der Waals surface area contributed by atoms with Crippen LogP contribution in [0.2, 0.25) is 0 Å². The summed E-state index contributed by atoms with van der Waals surface area (Å²) in [6.07, 6.45) is 1.42. The van der Waals surface area contributed by atoms with E-state index in [1.807, 2.05) is 66.7 Å². The summed E-state index contributed by atoms with van der Waals surface area (Å²) in [6.45, 7) is 0. The van der Waals surface area contributed by atoms with Gasteiger partial charge in [0, 0.05) is 27.8 Å². The van der Waals surface area contributed by atoms with Crippen molar-refractivity contribution in [3.8, 4) is 17.4 Å². The first-order chi connectivity index (χ1) is 18.2. The van der Waals surface area contributed by atoms with Crippen LogP contribution in [-0.4, -0.2) is 22.1 Å². The molecule has 180 valence electrons. The Kier molecular flexibility index (Phi) is 4.72. The minimum atomic E-state index is -0.552. The fourth-order valence-corrected chi connectivity index (χ4v) is 4.97. The van der Waals surface area contributed by atoms with E-state index in [4.69, 9.17) is 13.9 Å². The van der Waals surface area contributed by atoms with Crippen molar-refractivity contribution in [2.75, 3.05) is 12.4 Å². The Bertz CT molecular complexity index is 1820. The zero-order valence-corrected chi connectivity index (χ0v) is 19.7. The van der Waals surface area contributed by atoms with Crippen molar-refractivity contribution in [3.63, 3.8) is 0 Å². The van der Waals surface area contributed by atoms with Crippen LogP contribution >= 0.6 is 0 Å². The van der Waals surface area contributed by atoms with Crippen LogP contribution in [0.15, 0.2) is 94.4 Å². The highest BCUT2D eigenvalue weighted by atomic mass is 16.5. The predicted molar refractivity (Wildman–Crippen MR) is 140 cm³/mol. The Morgan fingerprint density at radius 3 is 2.59 bits per heavy atom. The number of fused-ring (bicyclic) bond motifs is 5. The van der Waals surface area contributed by atoms with Crippen LogP contribution in [0, 0.1) is 0 Å². The highest BCUT2D eigenvalue weighted by molar-refractivity contribution is 5.87. The van der Waals surface area contributed by atoms with E-state index in [1.54, 1.807) is 13.2 Å². The third-order valence-corrected chi connectivity index (χ3v) is 6.65. The van der Waals surface area contributed by atoms with Gasteiger partial charge in [0.05, 0.1) is 18.6 Å². The van der Waals surface area contributed by atoms with Crippen LogP contribution < -0.4 is 20.4 Å². The van der Waals surface area contributed by atoms with E-state index in [2.05, 4.69) is 26.3 Å². The number of anilines is 2. The Balaban J connectivity index is 1.50. The molecule has 0 bridgehead atoms. The van der Waals surface area contributed by atoms with E-state index in [0.717, 1.165) is 33.4 Å². The second-order valence-corrected chi connectivity index (χ2v) is 8.77. The number of rotatable bonds is 4. The molecule has 0 saturated carbocycles. The highest BCUT2D eigenvalue weighted by Crippen LogP contribution is 2.50. The highest BCUT2D eigenvalue weighted by Gasteiger charge is 2.37. The van der Waals surface area contributed by atoms with Gasteiger partial charge in [-0.15, -0.1) is 0 Å². The zero-order chi connectivity index (χ0) is 24.9. The van der Waals surface area contributed by atoms with Gasteiger partial charge in [-0.1, -0.05) is 36.4 Å². The van der Waals surface area contributed by atoms with Crippen molar-refractivity contribution in [2.24, 2.45) is 0 Å². The number of para-hydroxylation sites is 2. The van der Waals surface area contributed by atoms with Crippen molar-refractivity contribution in [2.45, 2.75) is 5.92 Å². The van der Waals surface area contributed by atoms with Crippen LogP contribution in [0.5, 0.6) is 17.4 Å². The largest absolute Gasteiger partial charge is 0.497 e. The number of aromatic nitrogens is 3. The zero-order valence-electron chi connectivity index (χ0n) is 19.7. The third-order valence-electron chi connectivity index (χ3n) is 6.65. The van der Waals surface area contributed by atoms with Crippen LogP contribution in [-0.2, 0) is 0 Å². The van der Waals surface area contributed by atoms with Gasteiger partial charge < -0.3 is 24.2 Å². The number of nitrogens with zero attached hydrogens (tertiary/aromatic N) is 2. The Morgan fingerprint density at radius 1 is 0.946 bits per heavy atom. The normalized spacial score (nSPS) is 14.1. The molecule has 0 amide bonds. The number of hydrogen-bond donors (Lipinski definition) is 2. The Hall–Kier alpha value is -5.11. The molecule has 7 rings (SSSR count). The second-order valence-electron chi connectivity index (χ2n) is 8.77. The lowest BCUT2D eigenvalue weighted by Crippen LogP contribution is -2.20. The second kappa shape index (κ2) is 8.23. The first kappa shape index (κ1) is 21.2. The van der Waals surface area contributed by atoms with Crippen LogP contribution in [0.25, 0.3) is 21.9 Å². The number of H-pyrrole nitrogens is 1. The first-order valence-electron chi connectivity index (χ1n) is 11.8. The molecule has 1 atom stereocenters.